The van der Waals surface area contributed by atoms with Crippen LogP contribution in [0.5, 0.6) is 0 Å². The van der Waals surface area contributed by atoms with Gasteiger partial charge in [-0.25, -0.2) is 8.42 Å². The smallest absolute Gasteiger partial charge is 0.754 e. The predicted molar refractivity (Wildman–Crippen MR) is 308 cm³/mol. The number of nitrogens with one attached hydrogen (secondary N) is 4. The Morgan fingerprint density at radius 3 is 1.95 bits per heavy atom. The van der Waals surface area contributed by atoms with Crippen molar-refractivity contribution in [3.8, 4) is 0 Å². The molecule has 0 radical (unpaired) electrons. The molecule has 4 saturated heterocycles. The number of aliphatic carboxylic acids is 1. The topological polar surface area (TPSA) is 550 Å². The van der Waals surface area contributed by atoms with Crippen LogP contribution < -0.4 is 115 Å². The number of ketones is 1. The first-order valence-corrected chi connectivity index (χ1v) is 32.7. The summed E-state index contributed by atoms with van der Waals surface area (Å²) in [6.07, 6.45) is -29.4. The molecule has 4 aliphatic rings. The van der Waals surface area contributed by atoms with Crippen LogP contribution in [0.4, 0.5) is 5.69 Å². The van der Waals surface area contributed by atoms with Gasteiger partial charge in [-0.15, -0.1) is 5.39 Å². The maximum Gasteiger partial charge on any atom is 1.00 e. The minimum absolute atomic E-state index is 0. The van der Waals surface area contributed by atoms with Crippen molar-refractivity contribution in [1.29, 1.82) is 0 Å². The van der Waals surface area contributed by atoms with E-state index in [-0.39, 0.29) is 125 Å². The molecule has 0 bridgehead atoms. The van der Waals surface area contributed by atoms with Gasteiger partial charge in [-0.2, -0.15) is 18.2 Å². The Morgan fingerprint density at radius 1 is 0.737 bits per heavy atom. The van der Waals surface area contributed by atoms with Crippen LogP contribution in [0.3, 0.4) is 0 Å². The van der Waals surface area contributed by atoms with Crippen molar-refractivity contribution in [3.63, 3.8) is 0 Å². The number of fused-ring (bicyclic) bond motifs is 1. The van der Waals surface area contributed by atoms with Crippen molar-refractivity contribution >= 4 is 77.6 Å². The molecule has 4 heterocycles. The summed E-state index contributed by atoms with van der Waals surface area (Å²) in [6, 6.07) is 4.42. The van der Waals surface area contributed by atoms with Gasteiger partial charge in [0.15, 0.2) is 24.0 Å². The van der Waals surface area contributed by atoms with Crippen LogP contribution in [-0.4, -0.2) is 273 Å². The monoisotopic (exact) mass is 1440 g/mol. The molecule has 15 N–H and O–H groups in total. The summed E-state index contributed by atoms with van der Waals surface area (Å²) >= 11 is 5.21. The summed E-state index contributed by atoms with van der Waals surface area (Å²) in [5.41, 5.74) is -0.272. The van der Waals surface area contributed by atoms with Crippen LogP contribution in [0.15, 0.2) is 34.1 Å². The molecule has 0 saturated carbocycles. The average molecular weight is 1440 g/mol. The molecule has 95 heavy (non-hydrogen) atoms. The summed E-state index contributed by atoms with van der Waals surface area (Å²) in [7, 11) is -10.3. The number of carboxylic acids is 1. The van der Waals surface area contributed by atoms with E-state index in [4.69, 9.17) is 50.1 Å². The summed E-state index contributed by atoms with van der Waals surface area (Å²) in [5, 5.41) is 141. The zero-order chi connectivity index (χ0) is 68.2. The van der Waals surface area contributed by atoms with Crippen LogP contribution in [0.25, 0.3) is 10.8 Å². The maximum atomic E-state index is 12.9. The first kappa shape index (κ1) is 87.7. The number of unbranched alkanes of at least 4 members (excludes halogenated alkanes) is 5. The fraction of sp³-hybridized carbons (Fsp3) is 0.727. The summed E-state index contributed by atoms with van der Waals surface area (Å²) in [6.45, 7) is 0.511. The van der Waals surface area contributed by atoms with Crippen LogP contribution in [-0.2, 0) is 77.3 Å². The fourth-order valence-electron chi connectivity index (χ4n) is 11.0. The molecular formula is C55H80N4Na3O30S3-. The third-order valence-corrected chi connectivity index (χ3v) is 18.1. The number of anilines is 1. The van der Waals surface area contributed by atoms with Crippen LogP contribution in [0.1, 0.15) is 85.0 Å². The van der Waals surface area contributed by atoms with Gasteiger partial charge >= 0.3 is 88.7 Å². The number of benzene rings is 2. The minimum atomic E-state index is -5.22. The molecule has 34 nitrogen and oxygen atoms in total. The Balaban J connectivity index is 0.00000784. The largest absolute Gasteiger partial charge is 1.00 e. The van der Waals surface area contributed by atoms with Gasteiger partial charge in [0.05, 0.1) is 54.8 Å². The first-order chi connectivity index (χ1) is 43.3. The predicted octanol–water partition coefficient (Wildman–Crippen LogP) is -15.5. The number of carboxylic acid groups (broad SMARTS) is 1. The fourth-order valence-corrected chi connectivity index (χ4v) is 12.6. The van der Waals surface area contributed by atoms with Crippen molar-refractivity contribution in [3.05, 3.63) is 30.3 Å². The number of amides is 2. The number of thiocarbonyl (C=S) groups is 1. The Hall–Kier alpha value is -1.47. The summed E-state index contributed by atoms with van der Waals surface area (Å²) in [5.74, 6) is -7.95. The van der Waals surface area contributed by atoms with Crippen molar-refractivity contribution < 1.29 is 233 Å². The van der Waals surface area contributed by atoms with Gasteiger partial charge in [-0.1, -0.05) is 44.1 Å². The van der Waals surface area contributed by atoms with Gasteiger partial charge in [0, 0.05) is 55.8 Å². The number of carbonyl (C=O) groups excluding carboxylic acids is 4. The molecule has 0 aliphatic carbocycles. The first-order valence-electron chi connectivity index (χ1n) is 29.5. The molecule has 6 rings (SSSR count). The molecule has 2 amide bonds. The molecule has 2 aromatic carbocycles. The third-order valence-electron chi connectivity index (χ3n) is 16.1. The summed E-state index contributed by atoms with van der Waals surface area (Å²) in [4.78, 5) is 49.6. The maximum absolute atomic E-state index is 12.9. The summed E-state index contributed by atoms with van der Waals surface area (Å²) < 4.78 is 119. The second-order valence-electron chi connectivity index (χ2n) is 22.8. The van der Waals surface area contributed by atoms with Gasteiger partial charge in [0.1, 0.15) is 101 Å². The van der Waals surface area contributed by atoms with E-state index in [1.54, 1.807) is 0 Å². The van der Waals surface area contributed by atoms with Gasteiger partial charge in [-0.05, 0) is 49.4 Å². The number of ether oxygens (including phenoxy) is 8. The van der Waals surface area contributed by atoms with Crippen LogP contribution in [0, 0.1) is 12.0 Å². The second-order valence-corrected chi connectivity index (χ2v) is 25.9. The average Bonchev–Trinajstić information content (AvgIpc) is 0.768. The van der Waals surface area contributed by atoms with Gasteiger partial charge in [-0.3, -0.25) is 22.8 Å². The number of Topliss-reactive ketones (excluding diaryl/α,β-unsaturated/α-hetero) is 1. The third kappa shape index (κ3) is 23.3. The van der Waals surface area contributed by atoms with E-state index >= 15 is 0 Å². The number of aliphatic hydroxyl groups is 11. The van der Waals surface area contributed by atoms with Crippen molar-refractivity contribution in [2.24, 2.45) is 5.92 Å². The van der Waals surface area contributed by atoms with Gasteiger partial charge in [0.2, 0.25) is 17.6 Å². The number of hydrogen-bond donors (Lipinski definition) is 15. The van der Waals surface area contributed by atoms with Crippen LogP contribution >= 0.6 is 12.2 Å². The Bertz CT molecular complexity index is 3070. The van der Waals surface area contributed by atoms with E-state index < -0.39 is 220 Å². The molecule has 0 aromatic heterocycles. The number of aliphatic hydroxyl groups excluding tert-OH is 11. The van der Waals surface area contributed by atoms with Crippen molar-refractivity contribution in [2.45, 2.75) is 217 Å². The van der Waals surface area contributed by atoms with E-state index in [1.165, 1.54) is 13.8 Å². The minimum Gasteiger partial charge on any atom is -0.754 e. The van der Waals surface area contributed by atoms with Crippen molar-refractivity contribution in [2.75, 3.05) is 44.8 Å². The Morgan fingerprint density at radius 2 is 1.34 bits per heavy atom. The van der Waals surface area contributed by atoms with E-state index in [0.717, 1.165) is 37.6 Å². The van der Waals surface area contributed by atoms with Gasteiger partial charge in [0.25, 0.3) is 0 Å². The molecular weight excluding hydrogens is 1360 g/mol. The second kappa shape index (κ2) is 39.8. The molecule has 0 spiro atoms. The Kier molecular flexibility index (Phi) is 36.8. The van der Waals surface area contributed by atoms with E-state index in [1.807, 2.05) is 0 Å². The molecule has 40 heteroatoms. The van der Waals surface area contributed by atoms with E-state index in [0.29, 0.717) is 44.9 Å². The normalized spacial score (nSPS) is 31.7. The van der Waals surface area contributed by atoms with E-state index in [2.05, 4.69) is 27.3 Å². The molecule has 4 aliphatic heterocycles. The molecule has 19 unspecified atom stereocenters. The van der Waals surface area contributed by atoms with Crippen LogP contribution in [0.2, 0.25) is 0 Å². The quantitative estimate of drug-likeness (QED) is 0.0106. The molecule has 2 aromatic rings. The number of carbonyl (C=O) groups is 4. The zero-order valence-corrected chi connectivity index (χ0v) is 61.5. The molecule has 21 atom stereocenters. The van der Waals surface area contributed by atoms with Gasteiger partial charge < -0.3 is 134 Å². The molecule has 522 valence electrons. The number of rotatable bonds is 32. The SMILES string of the molecule is CC(=O)NC1C(OCCCCCCCCC(=O)CCCNC(=S)NCC(=O)Nc2ccc(S(=O)(=O)[O-])c3c[c-]cc(S(=O)(=O)[O-])c23)OC(CO)C(OC2OC(CO)C(O)C(OC3(C(=O)[O-])CC(O)C(C)C([C@H](O)[C@H](O)CO)O3)C2O)C1OC1OC(C)C(O)C(O)C1O.[Na+].[Na+].[Na+]. The number of hydrogen-bond acceptors (Lipinski definition) is 31. The zero-order valence-electron chi connectivity index (χ0n) is 53.1. The molecule has 4 fully saturated rings. The van der Waals surface area contributed by atoms with E-state index in [9.17, 15) is 106 Å². The standard InChI is InChI=1S/C55H83N4O30S3.3Na/c1-25-31(65)20-55(53(74)75,88-46(25)41(69)32(66)22-60)89-49-42(70)33(23-61)84-52(45(49)73)86-47-34(24-62)85-50(39(58-27(3)63)48(47)87-51-44(72)43(71)40(68)26(2)83-51)82-19-9-7-5-4-6-8-12-28(64)13-11-18-56-54(90)57-21-37(67)59-30-16-17-35(91(76,77)78)29-14-10-15-36(38(29)30)92(79,80)81;;;/h14-17,25-26,31-34,39-52,60-62,65-66,68-73H,4-9,11-13,18-24H2,1-3H3,(H,58,63)(H,59,67)(H,74,75)(H2,56,57,90)(H,76,77,78)(H,79,80,81);;;/q-1;3*+1/p-3/t25?,26?,31?,32-,33?,34?,39?,40?,41-,42?,43?,44?,45?,46?,47?,48?,49?,50?,51?,52?,55?;;;/m1.../s1. The van der Waals surface area contributed by atoms with Crippen molar-refractivity contribution in [1.82, 2.24) is 16.0 Å². The Labute approximate surface area is 619 Å².